The summed E-state index contributed by atoms with van der Waals surface area (Å²) in [5.41, 5.74) is 1.77. The number of benzene rings is 2. The molecule has 0 aliphatic heterocycles. The van der Waals surface area contributed by atoms with Gasteiger partial charge in [0.1, 0.15) is 10.7 Å². The predicted molar refractivity (Wildman–Crippen MR) is 108 cm³/mol. The van der Waals surface area contributed by atoms with Crippen LogP contribution in [-0.4, -0.2) is 38.6 Å². The van der Waals surface area contributed by atoms with E-state index in [4.69, 9.17) is 0 Å². The van der Waals surface area contributed by atoms with Crippen molar-refractivity contribution in [2.75, 3.05) is 24.7 Å². The quantitative estimate of drug-likeness (QED) is 0.752. The van der Waals surface area contributed by atoms with Gasteiger partial charge in [-0.25, -0.2) is 17.1 Å². The Morgan fingerprint density at radius 3 is 2.38 bits per heavy atom. The third kappa shape index (κ3) is 4.63. The van der Waals surface area contributed by atoms with Crippen molar-refractivity contribution in [3.8, 4) is 0 Å². The first-order valence-corrected chi connectivity index (χ1v) is 10.5. The van der Waals surface area contributed by atoms with Gasteiger partial charge in [0.15, 0.2) is 0 Å². The second-order valence-electron chi connectivity index (χ2n) is 7.18. The Morgan fingerprint density at radius 2 is 1.76 bits per heavy atom. The summed E-state index contributed by atoms with van der Waals surface area (Å²) in [4.78, 5) is 24.0. The fourth-order valence-corrected chi connectivity index (χ4v) is 3.64. The van der Waals surface area contributed by atoms with Gasteiger partial charge in [-0.2, -0.15) is 0 Å². The molecule has 2 amide bonds. The lowest BCUT2D eigenvalue weighted by molar-refractivity contribution is -0.117. The summed E-state index contributed by atoms with van der Waals surface area (Å²) >= 11 is 0. The summed E-state index contributed by atoms with van der Waals surface area (Å²) < 4.78 is 39.4. The van der Waals surface area contributed by atoms with Crippen molar-refractivity contribution in [3.05, 3.63) is 53.3 Å². The van der Waals surface area contributed by atoms with E-state index in [2.05, 4.69) is 10.6 Å². The lowest BCUT2D eigenvalue weighted by Gasteiger charge is -2.14. The van der Waals surface area contributed by atoms with Crippen LogP contribution in [0, 0.1) is 18.7 Å². The van der Waals surface area contributed by atoms with Crippen LogP contribution < -0.4 is 10.6 Å². The zero-order valence-electron chi connectivity index (χ0n) is 16.3. The minimum absolute atomic E-state index is 0.00126. The fourth-order valence-electron chi connectivity index (χ4n) is 2.66. The van der Waals surface area contributed by atoms with E-state index in [1.54, 1.807) is 25.1 Å². The summed E-state index contributed by atoms with van der Waals surface area (Å²) in [7, 11) is -1.47. The van der Waals surface area contributed by atoms with Crippen LogP contribution in [0.2, 0.25) is 0 Å². The van der Waals surface area contributed by atoms with E-state index in [-0.39, 0.29) is 17.4 Å². The second kappa shape index (κ2) is 7.92. The van der Waals surface area contributed by atoms with Crippen molar-refractivity contribution in [2.45, 2.75) is 24.7 Å². The number of carbonyl (C=O) groups is 2. The minimum atomic E-state index is -4.04. The van der Waals surface area contributed by atoms with Gasteiger partial charge in [-0.1, -0.05) is 6.07 Å². The molecule has 2 aromatic carbocycles. The summed E-state index contributed by atoms with van der Waals surface area (Å²) in [5.74, 6) is -1.53. The van der Waals surface area contributed by atoms with Crippen LogP contribution in [0.15, 0.2) is 41.3 Å². The second-order valence-corrected chi connectivity index (χ2v) is 9.30. The number of hydrogen-bond donors (Lipinski definition) is 2. The number of aryl methyl sites for hydroxylation is 1. The van der Waals surface area contributed by atoms with Crippen LogP contribution in [0.25, 0.3) is 0 Å². The summed E-state index contributed by atoms with van der Waals surface area (Å²) in [5, 5.41) is 5.50. The molecule has 1 saturated carbocycles. The third-order valence-corrected chi connectivity index (χ3v) is 6.48. The van der Waals surface area contributed by atoms with E-state index in [1.165, 1.54) is 20.2 Å². The molecule has 3 rings (SSSR count). The lowest BCUT2D eigenvalue weighted by Crippen LogP contribution is -2.24. The average Bonchev–Trinajstić information content (AvgIpc) is 3.49. The molecular formula is C20H22FN3O4S. The van der Waals surface area contributed by atoms with Gasteiger partial charge in [-0.15, -0.1) is 0 Å². The maximum Gasteiger partial charge on any atom is 0.255 e. The smallest absolute Gasteiger partial charge is 0.255 e. The highest BCUT2D eigenvalue weighted by Crippen LogP contribution is 2.31. The number of rotatable bonds is 6. The number of amides is 2. The van der Waals surface area contributed by atoms with E-state index < -0.39 is 26.6 Å². The molecule has 0 unspecified atom stereocenters. The van der Waals surface area contributed by atoms with Gasteiger partial charge in [0.2, 0.25) is 15.9 Å². The minimum Gasteiger partial charge on any atom is -0.326 e. The van der Waals surface area contributed by atoms with Gasteiger partial charge in [0.05, 0.1) is 0 Å². The third-order valence-electron chi connectivity index (χ3n) is 4.65. The molecule has 0 atom stereocenters. The number of anilines is 2. The Morgan fingerprint density at radius 1 is 1.07 bits per heavy atom. The Labute approximate surface area is 169 Å². The molecule has 0 spiro atoms. The van der Waals surface area contributed by atoms with Crippen LogP contribution in [0.3, 0.4) is 0 Å². The highest BCUT2D eigenvalue weighted by atomic mass is 32.2. The highest BCUT2D eigenvalue weighted by molar-refractivity contribution is 7.89. The molecular weight excluding hydrogens is 397 g/mol. The number of sulfonamides is 1. The molecule has 0 radical (unpaired) electrons. The van der Waals surface area contributed by atoms with Crippen LogP contribution >= 0.6 is 0 Å². The number of nitrogens with zero attached hydrogens (tertiary/aromatic N) is 1. The van der Waals surface area contributed by atoms with Crippen molar-refractivity contribution >= 4 is 33.2 Å². The van der Waals surface area contributed by atoms with Crippen molar-refractivity contribution in [1.29, 1.82) is 0 Å². The van der Waals surface area contributed by atoms with Crippen molar-refractivity contribution < 1.29 is 22.4 Å². The molecule has 0 saturated heterocycles. The molecule has 9 heteroatoms. The number of nitrogens with one attached hydrogen (secondary N) is 2. The molecule has 154 valence electrons. The molecule has 0 bridgehead atoms. The Hall–Kier alpha value is -2.78. The topological polar surface area (TPSA) is 95.6 Å². The molecule has 0 aromatic heterocycles. The number of halogens is 1. The maximum atomic E-state index is 14.0. The normalized spacial score (nSPS) is 14.0. The van der Waals surface area contributed by atoms with Crippen LogP contribution in [-0.2, 0) is 14.8 Å². The molecule has 2 aromatic rings. The van der Waals surface area contributed by atoms with Crippen molar-refractivity contribution in [2.24, 2.45) is 5.92 Å². The van der Waals surface area contributed by atoms with E-state index in [0.29, 0.717) is 11.4 Å². The average molecular weight is 419 g/mol. The first kappa shape index (κ1) is 20.9. The molecule has 1 aliphatic carbocycles. The first-order valence-electron chi connectivity index (χ1n) is 9.04. The molecule has 0 heterocycles. The maximum absolute atomic E-state index is 14.0. The van der Waals surface area contributed by atoms with Crippen LogP contribution in [0.4, 0.5) is 15.8 Å². The van der Waals surface area contributed by atoms with Crippen molar-refractivity contribution in [1.82, 2.24) is 4.31 Å². The van der Waals surface area contributed by atoms with Gasteiger partial charge in [-0.3, -0.25) is 9.59 Å². The van der Waals surface area contributed by atoms with Gasteiger partial charge in [0, 0.05) is 37.0 Å². The van der Waals surface area contributed by atoms with Gasteiger partial charge < -0.3 is 10.6 Å². The number of hydrogen-bond acceptors (Lipinski definition) is 4. The van der Waals surface area contributed by atoms with Gasteiger partial charge in [0.25, 0.3) is 5.91 Å². The summed E-state index contributed by atoms with van der Waals surface area (Å²) in [6, 6.07) is 8.30. The Balaban J connectivity index is 1.84. The van der Waals surface area contributed by atoms with Gasteiger partial charge in [-0.05, 0) is 55.7 Å². The molecule has 29 heavy (non-hydrogen) atoms. The monoisotopic (exact) mass is 419 g/mol. The van der Waals surface area contributed by atoms with Crippen LogP contribution in [0.1, 0.15) is 28.8 Å². The predicted octanol–water partition coefficient (Wildman–Crippen LogP) is 2.99. The Kier molecular flexibility index (Phi) is 5.72. The first-order chi connectivity index (χ1) is 13.6. The van der Waals surface area contributed by atoms with E-state index in [9.17, 15) is 22.4 Å². The largest absolute Gasteiger partial charge is 0.326 e. The van der Waals surface area contributed by atoms with Crippen LogP contribution in [0.5, 0.6) is 0 Å². The molecule has 1 aliphatic rings. The van der Waals surface area contributed by atoms with E-state index >= 15 is 0 Å². The summed E-state index contributed by atoms with van der Waals surface area (Å²) in [6.45, 7) is 1.79. The Bertz CT molecular complexity index is 1080. The van der Waals surface area contributed by atoms with E-state index in [0.717, 1.165) is 34.8 Å². The standard InChI is InChI=1S/C20H22FN3O4S/c1-12-4-8-15(22-19(25)13-5-6-13)11-17(12)23-20(26)14-7-9-16(21)18(10-14)29(27,28)24(2)3/h4,7-11,13H,5-6H2,1-3H3,(H,22,25)(H,23,26). The zero-order valence-corrected chi connectivity index (χ0v) is 17.1. The highest BCUT2D eigenvalue weighted by Gasteiger charge is 2.29. The van der Waals surface area contributed by atoms with Crippen molar-refractivity contribution in [3.63, 3.8) is 0 Å². The lowest BCUT2D eigenvalue weighted by atomic mass is 10.1. The molecule has 7 nitrogen and oxygen atoms in total. The molecule has 1 fully saturated rings. The fraction of sp³-hybridized carbons (Fsp3) is 0.300. The summed E-state index contributed by atoms with van der Waals surface area (Å²) in [6.07, 6.45) is 1.76. The van der Waals surface area contributed by atoms with E-state index in [1.807, 2.05) is 0 Å². The SMILES string of the molecule is Cc1ccc(NC(=O)C2CC2)cc1NC(=O)c1ccc(F)c(S(=O)(=O)N(C)C)c1. The van der Waals surface area contributed by atoms with Gasteiger partial charge >= 0.3 is 0 Å². The molecule has 2 N–H and O–H groups in total. The number of carbonyl (C=O) groups excluding carboxylic acids is 2. The zero-order chi connectivity index (χ0) is 21.3.